The van der Waals surface area contributed by atoms with Gasteiger partial charge in [0.05, 0.1) is 11.6 Å². The molecule has 1 atom stereocenters. The maximum Gasteiger partial charge on any atom is 0.242 e. The summed E-state index contributed by atoms with van der Waals surface area (Å²) in [6.07, 6.45) is 1.89. The highest BCUT2D eigenvalue weighted by atomic mass is 19.1. The fraction of sp³-hybridized carbons (Fsp3) is 0.367. The lowest BCUT2D eigenvalue weighted by atomic mass is 9.94. The van der Waals surface area contributed by atoms with Crippen molar-refractivity contribution in [3.05, 3.63) is 107 Å². The molecule has 0 aromatic heterocycles. The number of nitrogens with zero attached hydrogens (tertiary/aromatic N) is 3. The first kappa shape index (κ1) is 24.6. The average molecular weight is 490 g/mol. The number of hydrogen-bond donors (Lipinski definition) is 0. The summed E-state index contributed by atoms with van der Waals surface area (Å²) in [4.78, 5) is 20.4. The molecule has 0 radical (unpaired) electrons. The van der Waals surface area contributed by atoms with Crippen LogP contribution in [0.5, 0.6) is 0 Å². The maximum absolute atomic E-state index is 13.8. The molecule has 36 heavy (non-hydrogen) atoms. The Hall–Kier alpha value is -3.09. The van der Waals surface area contributed by atoms with Crippen LogP contribution in [0.25, 0.3) is 0 Å². The van der Waals surface area contributed by atoms with Crippen molar-refractivity contribution in [2.75, 3.05) is 32.7 Å². The Bertz CT molecular complexity index is 1120. The van der Waals surface area contributed by atoms with E-state index >= 15 is 0 Å². The second-order valence-electron chi connectivity index (χ2n) is 10.1. The molecule has 2 fully saturated rings. The molecule has 0 unspecified atom stereocenters. The molecule has 2 saturated heterocycles. The second-order valence-corrected chi connectivity index (χ2v) is 10.1. The van der Waals surface area contributed by atoms with Gasteiger partial charge in [-0.25, -0.2) is 8.78 Å². The molecule has 188 valence electrons. The van der Waals surface area contributed by atoms with E-state index in [-0.39, 0.29) is 23.6 Å². The van der Waals surface area contributed by atoms with Crippen molar-refractivity contribution in [2.24, 2.45) is 0 Å². The Balaban J connectivity index is 1.30. The van der Waals surface area contributed by atoms with E-state index in [9.17, 15) is 13.6 Å². The molecule has 0 spiro atoms. The number of carbonyl (C=O) groups is 1. The van der Waals surface area contributed by atoms with Gasteiger partial charge in [0.2, 0.25) is 5.91 Å². The van der Waals surface area contributed by atoms with E-state index in [4.69, 9.17) is 0 Å². The monoisotopic (exact) mass is 489 g/mol. The Kier molecular flexibility index (Phi) is 7.17. The highest BCUT2D eigenvalue weighted by Crippen LogP contribution is 2.34. The highest BCUT2D eigenvalue weighted by Gasteiger charge is 2.45. The zero-order valence-corrected chi connectivity index (χ0v) is 20.7. The van der Waals surface area contributed by atoms with Gasteiger partial charge in [0.25, 0.3) is 0 Å². The molecule has 1 amide bonds. The highest BCUT2D eigenvalue weighted by molar-refractivity contribution is 5.86. The van der Waals surface area contributed by atoms with E-state index in [2.05, 4.69) is 28.9 Å². The number of rotatable bonds is 6. The number of amides is 1. The summed E-state index contributed by atoms with van der Waals surface area (Å²) < 4.78 is 27.3. The fourth-order valence-corrected chi connectivity index (χ4v) is 5.75. The number of piperazine rings is 1. The second kappa shape index (κ2) is 10.5. The van der Waals surface area contributed by atoms with Crippen molar-refractivity contribution in [1.82, 2.24) is 14.7 Å². The number of benzene rings is 3. The van der Waals surface area contributed by atoms with Crippen molar-refractivity contribution < 1.29 is 13.6 Å². The van der Waals surface area contributed by atoms with Crippen LogP contribution in [-0.2, 0) is 11.3 Å². The predicted octanol–water partition coefficient (Wildman–Crippen LogP) is 5.25. The zero-order valence-electron chi connectivity index (χ0n) is 20.7. The van der Waals surface area contributed by atoms with Crippen LogP contribution in [0.3, 0.4) is 0 Å². The van der Waals surface area contributed by atoms with Crippen LogP contribution >= 0.6 is 0 Å². The van der Waals surface area contributed by atoms with Gasteiger partial charge in [0, 0.05) is 32.7 Å². The molecule has 3 aromatic rings. The zero-order chi connectivity index (χ0) is 25.1. The van der Waals surface area contributed by atoms with Gasteiger partial charge in [-0.05, 0) is 67.3 Å². The lowest BCUT2D eigenvalue weighted by molar-refractivity contribution is -0.144. The standard InChI is InChI=1S/C30H33F2N3O/c1-30(16-5-17-35(30)22-23-6-3-2-4-7-23)29(36)34-20-18-33(19-21-34)28(24-8-12-26(31)13-9-24)25-10-14-27(32)15-11-25/h2-4,6-15,28H,5,16-22H2,1H3/t30-/m0/s1. The van der Waals surface area contributed by atoms with Gasteiger partial charge < -0.3 is 4.90 Å². The first-order valence-electron chi connectivity index (χ1n) is 12.8. The van der Waals surface area contributed by atoms with Crippen LogP contribution in [-0.4, -0.2) is 58.9 Å². The number of likely N-dealkylation sites (tertiary alicyclic amines) is 1. The van der Waals surface area contributed by atoms with Crippen molar-refractivity contribution in [3.63, 3.8) is 0 Å². The summed E-state index contributed by atoms with van der Waals surface area (Å²) in [6.45, 7) is 6.45. The van der Waals surface area contributed by atoms with E-state index in [0.717, 1.165) is 37.1 Å². The normalized spacial score (nSPS) is 21.3. The molecule has 0 saturated carbocycles. The van der Waals surface area contributed by atoms with Gasteiger partial charge in [-0.2, -0.15) is 0 Å². The molecule has 3 aromatic carbocycles. The van der Waals surface area contributed by atoms with Crippen molar-refractivity contribution >= 4 is 5.91 Å². The van der Waals surface area contributed by atoms with Crippen molar-refractivity contribution in [2.45, 2.75) is 37.9 Å². The molecule has 0 bridgehead atoms. The van der Waals surface area contributed by atoms with Gasteiger partial charge in [-0.3, -0.25) is 14.6 Å². The Morgan fingerprint density at radius 3 is 1.92 bits per heavy atom. The minimum Gasteiger partial charge on any atom is -0.339 e. The molecule has 2 aliphatic rings. The molecule has 0 N–H and O–H groups in total. The van der Waals surface area contributed by atoms with E-state index < -0.39 is 5.54 Å². The number of halogens is 2. The van der Waals surface area contributed by atoms with Gasteiger partial charge >= 0.3 is 0 Å². The number of hydrogen-bond acceptors (Lipinski definition) is 3. The third kappa shape index (κ3) is 5.06. The van der Waals surface area contributed by atoms with Crippen LogP contribution < -0.4 is 0 Å². The van der Waals surface area contributed by atoms with Crippen LogP contribution in [0.15, 0.2) is 78.9 Å². The molecule has 5 rings (SSSR count). The Morgan fingerprint density at radius 2 is 1.36 bits per heavy atom. The van der Waals surface area contributed by atoms with E-state index in [1.807, 2.05) is 23.1 Å². The summed E-state index contributed by atoms with van der Waals surface area (Å²) in [7, 11) is 0. The van der Waals surface area contributed by atoms with Crippen LogP contribution in [0.4, 0.5) is 8.78 Å². The molecule has 6 heteroatoms. The van der Waals surface area contributed by atoms with Crippen molar-refractivity contribution in [3.8, 4) is 0 Å². The summed E-state index contributed by atoms with van der Waals surface area (Å²) >= 11 is 0. The van der Waals surface area contributed by atoms with E-state index in [0.29, 0.717) is 26.2 Å². The Morgan fingerprint density at radius 1 is 0.806 bits per heavy atom. The molecule has 2 heterocycles. The van der Waals surface area contributed by atoms with Gasteiger partial charge in [0.15, 0.2) is 0 Å². The fourth-order valence-electron chi connectivity index (χ4n) is 5.75. The Labute approximate surface area is 212 Å². The lowest BCUT2D eigenvalue weighted by Crippen LogP contribution is -2.59. The minimum atomic E-state index is -0.495. The summed E-state index contributed by atoms with van der Waals surface area (Å²) in [5.74, 6) is -0.357. The van der Waals surface area contributed by atoms with Crippen molar-refractivity contribution in [1.29, 1.82) is 0 Å². The van der Waals surface area contributed by atoms with Crippen LogP contribution in [0.1, 0.15) is 42.5 Å². The lowest BCUT2D eigenvalue weighted by Gasteiger charge is -2.44. The smallest absolute Gasteiger partial charge is 0.242 e. The summed E-state index contributed by atoms with van der Waals surface area (Å²) in [5, 5.41) is 0. The molecule has 2 aliphatic heterocycles. The van der Waals surface area contributed by atoms with Crippen LogP contribution in [0, 0.1) is 11.6 Å². The minimum absolute atomic E-state index is 0.125. The maximum atomic E-state index is 13.8. The van der Waals surface area contributed by atoms with Gasteiger partial charge in [0.1, 0.15) is 11.6 Å². The van der Waals surface area contributed by atoms with Gasteiger partial charge in [-0.15, -0.1) is 0 Å². The van der Waals surface area contributed by atoms with Crippen LogP contribution in [0.2, 0.25) is 0 Å². The van der Waals surface area contributed by atoms with E-state index in [1.165, 1.54) is 29.8 Å². The third-order valence-corrected chi connectivity index (χ3v) is 7.80. The SMILES string of the molecule is C[C@@]1(C(=O)N2CCN(C(c3ccc(F)cc3)c3ccc(F)cc3)CC2)CCCN1Cc1ccccc1. The molecule has 0 aliphatic carbocycles. The third-order valence-electron chi connectivity index (χ3n) is 7.80. The quantitative estimate of drug-likeness (QED) is 0.473. The largest absolute Gasteiger partial charge is 0.339 e. The topological polar surface area (TPSA) is 26.8 Å². The van der Waals surface area contributed by atoms with Gasteiger partial charge in [-0.1, -0.05) is 54.6 Å². The molecular weight excluding hydrogens is 456 g/mol. The molecular formula is C30H33F2N3O. The first-order chi connectivity index (χ1) is 17.4. The number of carbonyl (C=O) groups excluding carboxylic acids is 1. The first-order valence-corrected chi connectivity index (χ1v) is 12.8. The average Bonchev–Trinajstić information content (AvgIpc) is 3.28. The van der Waals surface area contributed by atoms with E-state index in [1.54, 1.807) is 24.3 Å². The summed E-state index contributed by atoms with van der Waals surface area (Å²) in [6, 6.07) is 23.3. The molecule has 4 nitrogen and oxygen atoms in total. The summed E-state index contributed by atoms with van der Waals surface area (Å²) in [5.41, 5.74) is 2.65. The predicted molar refractivity (Wildman–Crippen MR) is 137 cm³/mol.